The number of aromatic nitrogens is 2. The standard InChI is InChI=1S/C42H30N4/c1-5-7-19-36-27(3)31-16-12-13-20-37(31)46(36)39-24-23-38(34(25-43)35(39)26-44)45-28(4)41(32-17-10-8-14-29(32)6-2)42-33-18-11-9-15-30(33)21-22-40(42)45/h5-24H,1-2H2,3-4H3/b19-7-. The minimum Gasteiger partial charge on any atom is -0.312 e. The van der Waals surface area contributed by atoms with Crippen LogP contribution in [0.4, 0.5) is 0 Å². The first-order valence-corrected chi connectivity index (χ1v) is 15.2. The van der Waals surface area contributed by atoms with Gasteiger partial charge in [-0.3, -0.25) is 0 Å². The molecule has 0 radical (unpaired) electrons. The molecule has 0 N–H and O–H groups in total. The second-order valence-electron chi connectivity index (χ2n) is 11.3. The first-order chi connectivity index (χ1) is 22.5. The Labute approximate surface area is 268 Å². The van der Waals surface area contributed by atoms with Gasteiger partial charge in [0.2, 0.25) is 0 Å². The molecule has 0 saturated carbocycles. The monoisotopic (exact) mass is 590 g/mol. The molecule has 46 heavy (non-hydrogen) atoms. The van der Waals surface area contributed by atoms with Gasteiger partial charge in [0.25, 0.3) is 0 Å². The molecule has 0 spiro atoms. The van der Waals surface area contributed by atoms with Gasteiger partial charge in [-0.1, -0.05) is 104 Å². The normalized spacial score (nSPS) is 11.3. The number of allylic oxidation sites excluding steroid dienone is 2. The number of para-hydroxylation sites is 1. The topological polar surface area (TPSA) is 57.4 Å². The Hall–Kier alpha value is -6.36. The van der Waals surface area contributed by atoms with Crippen molar-refractivity contribution in [3.63, 3.8) is 0 Å². The highest BCUT2D eigenvalue weighted by Crippen LogP contribution is 2.43. The van der Waals surface area contributed by atoms with Crippen LogP contribution in [0, 0.1) is 36.5 Å². The Morgan fingerprint density at radius 2 is 1.33 bits per heavy atom. The van der Waals surface area contributed by atoms with Crippen LogP contribution in [0.25, 0.3) is 67.2 Å². The molecule has 0 aliphatic heterocycles. The summed E-state index contributed by atoms with van der Waals surface area (Å²) in [7, 11) is 0. The van der Waals surface area contributed by atoms with Crippen LogP contribution < -0.4 is 0 Å². The van der Waals surface area contributed by atoms with Crippen molar-refractivity contribution in [2.45, 2.75) is 13.8 Å². The van der Waals surface area contributed by atoms with E-state index in [0.717, 1.165) is 66.2 Å². The molecule has 0 amide bonds. The smallest absolute Gasteiger partial charge is 0.103 e. The first-order valence-electron chi connectivity index (χ1n) is 15.2. The number of nitrogens with zero attached hydrogens (tertiary/aromatic N) is 4. The Bertz CT molecular complexity index is 2500. The Kier molecular flexibility index (Phi) is 6.97. The highest BCUT2D eigenvalue weighted by Gasteiger charge is 2.25. The van der Waals surface area contributed by atoms with Crippen molar-refractivity contribution in [3.05, 3.63) is 156 Å². The molecular weight excluding hydrogens is 560 g/mol. The zero-order valence-corrected chi connectivity index (χ0v) is 25.8. The lowest BCUT2D eigenvalue weighted by molar-refractivity contribution is 1.03. The van der Waals surface area contributed by atoms with Crippen LogP contribution in [-0.2, 0) is 0 Å². The summed E-state index contributed by atoms with van der Waals surface area (Å²) in [6.07, 6.45) is 7.52. The van der Waals surface area contributed by atoms with Gasteiger partial charge in [0.15, 0.2) is 0 Å². The maximum Gasteiger partial charge on any atom is 0.103 e. The number of benzene rings is 5. The summed E-state index contributed by atoms with van der Waals surface area (Å²) in [4.78, 5) is 0. The van der Waals surface area contributed by atoms with Gasteiger partial charge in [0.1, 0.15) is 12.1 Å². The number of fused-ring (bicyclic) bond motifs is 4. The van der Waals surface area contributed by atoms with Crippen LogP contribution in [0.2, 0.25) is 0 Å². The zero-order chi connectivity index (χ0) is 31.9. The molecule has 0 unspecified atom stereocenters. The van der Waals surface area contributed by atoms with Crippen molar-refractivity contribution in [3.8, 4) is 34.6 Å². The molecular formula is C42H30N4. The molecule has 0 atom stereocenters. The van der Waals surface area contributed by atoms with Crippen molar-refractivity contribution in [1.82, 2.24) is 9.13 Å². The molecule has 5 aromatic carbocycles. The molecule has 0 bridgehead atoms. The van der Waals surface area contributed by atoms with Crippen LogP contribution in [0.15, 0.2) is 122 Å². The van der Waals surface area contributed by atoms with E-state index in [1.165, 1.54) is 0 Å². The number of rotatable bonds is 6. The molecule has 2 aromatic heterocycles. The van der Waals surface area contributed by atoms with E-state index in [0.29, 0.717) is 22.5 Å². The lowest BCUT2D eigenvalue weighted by Gasteiger charge is -2.17. The van der Waals surface area contributed by atoms with E-state index >= 15 is 0 Å². The third-order valence-electron chi connectivity index (χ3n) is 8.98. The Morgan fingerprint density at radius 1 is 0.674 bits per heavy atom. The van der Waals surface area contributed by atoms with E-state index in [-0.39, 0.29) is 0 Å². The molecule has 0 aliphatic rings. The molecule has 0 aliphatic carbocycles. The second kappa shape index (κ2) is 11.3. The van der Waals surface area contributed by atoms with Gasteiger partial charge >= 0.3 is 0 Å². The maximum absolute atomic E-state index is 10.8. The molecule has 2 heterocycles. The predicted octanol–water partition coefficient (Wildman–Crippen LogP) is 10.6. The summed E-state index contributed by atoms with van der Waals surface area (Å²) in [5.41, 5.74) is 10.1. The van der Waals surface area contributed by atoms with Crippen LogP contribution in [0.3, 0.4) is 0 Å². The highest BCUT2D eigenvalue weighted by atomic mass is 15.0. The average molecular weight is 591 g/mol. The third-order valence-corrected chi connectivity index (χ3v) is 8.98. The summed E-state index contributed by atoms with van der Waals surface area (Å²) in [6.45, 7) is 12.1. The third kappa shape index (κ3) is 4.13. The van der Waals surface area contributed by atoms with Gasteiger partial charge in [0.05, 0.1) is 33.5 Å². The molecule has 218 valence electrons. The van der Waals surface area contributed by atoms with Gasteiger partial charge in [-0.05, 0) is 71.7 Å². The van der Waals surface area contributed by atoms with Crippen LogP contribution in [-0.4, -0.2) is 9.13 Å². The molecule has 7 aromatic rings. The fourth-order valence-corrected chi connectivity index (χ4v) is 6.94. The summed E-state index contributed by atoms with van der Waals surface area (Å²) < 4.78 is 4.21. The molecule has 7 rings (SSSR count). The van der Waals surface area contributed by atoms with Gasteiger partial charge < -0.3 is 9.13 Å². The molecule has 0 fully saturated rings. The molecule has 0 saturated heterocycles. The number of hydrogen-bond donors (Lipinski definition) is 0. The predicted molar refractivity (Wildman–Crippen MR) is 191 cm³/mol. The van der Waals surface area contributed by atoms with Gasteiger partial charge in [-0.25, -0.2) is 0 Å². The van der Waals surface area contributed by atoms with Crippen LogP contribution in [0.5, 0.6) is 0 Å². The van der Waals surface area contributed by atoms with Crippen molar-refractivity contribution >= 4 is 44.7 Å². The van der Waals surface area contributed by atoms with E-state index in [1.54, 1.807) is 6.08 Å². The quantitative estimate of drug-likeness (QED) is 0.181. The summed E-state index contributed by atoms with van der Waals surface area (Å²) in [5, 5.41) is 25.9. The fourth-order valence-electron chi connectivity index (χ4n) is 6.94. The van der Waals surface area contributed by atoms with E-state index in [9.17, 15) is 10.5 Å². The highest BCUT2D eigenvalue weighted by molar-refractivity contribution is 6.16. The first kappa shape index (κ1) is 28.4. The van der Waals surface area contributed by atoms with E-state index < -0.39 is 0 Å². The number of nitriles is 2. The summed E-state index contributed by atoms with van der Waals surface area (Å²) >= 11 is 0. The zero-order valence-electron chi connectivity index (χ0n) is 25.8. The number of aryl methyl sites for hydroxylation is 1. The van der Waals surface area contributed by atoms with Crippen molar-refractivity contribution in [2.24, 2.45) is 0 Å². The van der Waals surface area contributed by atoms with E-state index in [2.05, 4.69) is 96.8 Å². The SMILES string of the molecule is C=C/C=C\c1c(C)c2ccccc2n1-c1ccc(-n2c(C)c(-c3ccccc3C=C)c3c4ccccc4ccc32)c(C#N)c1C#N. The van der Waals surface area contributed by atoms with Crippen LogP contribution >= 0.6 is 0 Å². The van der Waals surface area contributed by atoms with E-state index in [1.807, 2.05) is 66.8 Å². The average Bonchev–Trinajstić information content (AvgIpc) is 3.56. The lowest BCUT2D eigenvalue weighted by Crippen LogP contribution is -2.07. The Balaban J connectivity index is 1.59. The fraction of sp³-hybridized carbons (Fsp3) is 0.0476. The summed E-state index contributed by atoms with van der Waals surface area (Å²) in [6, 6.07) is 37.8. The van der Waals surface area contributed by atoms with Crippen molar-refractivity contribution < 1.29 is 0 Å². The largest absolute Gasteiger partial charge is 0.312 e. The second-order valence-corrected chi connectivity index (χ2v) is 11.3. The summed E-state index contributed by atoms with van der Waals surface area (Å²) in [5.74, 6) is 0. The van der Waals surface area contributed by atoms with Crippen LogP contribution in [0.1, 0.15) is 33.6 Å². The Morgan fingerprint density at radius 3 is 2.04 bits per heavy atom. The maximum atomic E-state index is 10.8. The van der Waals surface area contributed by atoms with Crippen molar-refractivity contribution in [1.29, 1.82) is 10.5 Å². The number of hydrogen-bond acceptors (Lipinski definition) is 2. The van der Waals surface area contributed by atoms with Crippen molar-refractivity contribution in [2.75, 3.05) is 0 Å². The molecule has 4 heteroatoms. The van der Waals surface area contributed by atoms with Gasteiger partial charge in [0, 0.05) is 27.7 Å². The minimum atomic E-state index is 0.323. The lowest BCUT2D eigenvalue weighted by atomic mass is 9.94. The molecule has 4 nitrogen and oxygen atoms in total. The minimum absolute atomic E-state index is 0.323. The van der Waals surface area contributed by atoms with E-state index in [4.69, 9.17) is 0 Å². The van der Waals surface area contributed by atoms with Gasteiger partial charge in [-0.15, -0.1) is 0 Å². The van der Waals surface area contributed by atoms with Gasteiger partial charge in [-0.2, -0.15) is 10.5 Å².